The van der Waals surface area contributed by atoms with Crippen molar-refractivity contribution in [1.29, 1.82) is 0 Å². The SMILES string of the molecule is CC(C)(C)CC12CC3CC(CC(C3)C1)C2.CC(C)(C)Cc1cccc2ccccc12. The molecule has 4 saturated carbocycles. The summed E-state index contributed by atoms with van der Waals surface area (Å²) in [5, 5.41) is 2.74. The van der Waals surface area contributed by atoms with E-state index >= 15 is 0 Å². The fourth-order valence-electron chi connectivity index (χ4n) is 7.65. The molecule has 0 radical (unpaired) electrons. The van der Waals surface area contributed by atoms with Crippen LogP contribution < -0.4 is 0 Å². The minimum absolute atomic E-state index is 0.351. The fourth-order valence-corrected chi connectivity index (χ4v) is 7.65. The van der Waals surface area contributed by atoms with Gasteiger partial charge < -0.3 is 0 Å². The van der Waals surface area contributed by atoms with Gasteiger partial charge in [-0.15, -0.1) is 0 Å². The van der Waals surface area contributed by atoms with Crippen molar-refractivity contribution in [2.24, 2.45) is 34.0 Å². The highest BCUT2D eigenvalue weighted by Crippen LogP contribution is 2.62. The van der Waals surface area contributed by atoms with E-state index in [4.69, 9.17) is 0 Å². The molecule has 0 heteroatoms. The van der Waals surface area contributed by atoms with Gasteiger partial charge in [0.05, 0.1) is 0 Å². The Labute approximate surface area is 185 Å². The van der Waals surface area contributed by atoms with E-state index in [0.717, 1.165) is 29.6 Å². The number of hydrogen-bond acceptors (Lipinski definition) is 0. The van der Waals surface area contributed by atoms with Gasteiger partial charge in [-0.05, 0) is 102 Å². The highest BCUT2D eigenvalue weighted by molar-refractivity contribution is 5.85. The Hall–Kier alpha value is -1.30. The average molecular weight is 405 g/mol. The molecule has 0 heterocycles. The average Bonchev–Trinajstić information content (AvgIpc) is 2.58. The maximum absolute atomic E-state index is 2.44. The molecule has 4 fully saturated rings. The van der Waals surface area contributed by atoms with Crippen LogP contribution in [-0.2, 0) is 6.42 Å². The van der Waals surface area contributed by atoms with Gasteiger partial charge in [0.2, 0.25) is 0 Å². The molecule has 0 aromatic heterocycles. The first-order valence-corrected chi connectivity index (χ1v) is 12.5. The van der Waals surface area contributed by atoms with Crippen LogP contribution in [0.4, 0.5) is 0 Å². The summed E-state index contributed by atoms with van der Waals surface area (Å²) < 4.78 is 0. The second kappa shape index (κ2) is 7.99. The summed E-state index contributed by atoms with van der Waals surface area (Å²) in [4.78, 5) is 0. The minimum Gasteiger partial charge on any atom is -0.0616 e. The summed E-state index contributed by atoms with van der Waals surface area (Å²) in [5.41, 5.74) is 3.14. The van der Waals surface area contributed by atoms with E-state index in [9.17, 15) is 0 Å². The number of benzene rings is 2. The molecule has 6 rings (SSSR count). The van der Waals surface area contributed by atoms with Gasteiger partial charge >= 0.3 is 0 Å². The van der Waals surface area contributed by atoms with Gasteiger partial charge in [0.25, 0.3) is 0 Å². The summed E-state index contributed by atoms with van der Waals surface area (Å²) in [6, 6.07) is 15.2. The molecule has 0 spiro atoms. The van der Waals surface area contributed by atoms with E-state index in [1.807, 2.05) is 0 Å². The topological polar surface area (TPSA) is 0 Å². The van der Waals surface area contributed by atoms with Crippen molar-refractivity contribution in [1.82, 2.24) is 0 Å². The van der Waals surface area contributed by atoms with Crippen LogP contribution in [0.25, 0.3) is 10.8 Å². The lowest BCUT2D eigenvalue weighted by molar-refractivity contribution is -0.0722. The molecule has 0 unspecified atom stereocenters. The molecule has 2 aromatic carbocycles. The van der Waals surface area contributed by atoms with Crippen LogP contribution in [0.3, 0.4) is 0 Å². The Morgan fingerprint density at radius 3 is 1.77 bits per heavy atom. The van der Waals surface area contributed by atoms with E-state index in [1.54, 1.807) is 38.5 Å². The molecule has 0 amide bonds. The summed E-state index contributed by atoms with van der Waals surface area (Å²) in [6.45, 7) is 14.2. The standard InChI is InChI=1S/C15H26.C15H18/c1-14(2,3)10-15-7-11-4-12(8-15)6-13(5-11)9-15;1-15(2,3)11-13-9-6-8-12-7-4-5-10-14(12)13/h11-13H,4-10H2,1-3H3;4-10H,11H2,1-3H3. The number of hydrogen-bond donors (Lipinski definition) is 0. The monoisotopic (exact) mass is 404 g/mol. The van der Waals surface area contributed by atoms with E-state index in [1.165, 1.54) is 22.8 Å². The molecular weight excluding hydrogens is 360 g/mol. The van der Waals surface area contributed by atoms with Crippen molar-refractivity contribution in [2.75, 3.05) is 0 Å². The Balaban J connectivity index is 0.000000145. The number of rotatable bonds is 2. The van der Waals surface area contributed by atoms with Crippen molar-refractivity contribution >= 4 is 10.8 Å². The Kier molecular flexibility index (Phi) is 5.84. The van der Waals surface area contributed by atoms with Crippen LogP contribution in [0.15, 0.2) is 42.5 Å². The van der Waals surface area contributed by atoms with Gasteiger partial charge in [-0.3, -0.25) is 0 Å². The summed E-state index contributed by atoms with van der Waals surface area (Å²) in [6.07, 6.45) is 12.1. The summed E-state index contributed by atoms with van der Waals surface area (Å²) in [7, 11) is 0. The molecule has 30 heavy (non-hydrogen) atoms. The van der Waals surface area contributed by atoms with E-state index in [2.05, 4.69) is 84.0 Å². The van der Waals surface area contributed by atoms with E-state index in [0.29, 0.717) is 10.8 Å². The molecule has 0 aliphatic heterocycles. The first-order valence-electron chi connectivity index (χ1n) is 12.5. The predicted octanol–water partition coefficient (Wildman–Crippen LogP) is 9.07. The third-order valence-corrected chi connectivity index (χ3v) is 7.67. The second-order valence-electron chi connectivity index (χ2n) is 13.5. The third kappa shape index (κ3) is 5.30. The predicted molar refractivity (Wildman–Crippen MR) is 132 cm³/mol. The van der Waals surface area contributed by atoms with Crippen molar-refractivity contribution < 1.29 is 0 Å². The normalized spacial score (nSPS) is 30.3. The zero-order valence-electron chi connectivity index (χ0n) is 20.4. The van der Waals surface area contributed by atoms with Crippen LogP contribution in [0.1, 0.15) is 92.1 Å². The maximum atomic E-state index is 2.44. The molecule has 0 saturated heterocycles. The molecule has 0 N–H and O–H groups in total. The first-order chi connectivity index (χ1) is 14.0. The summed E-state index contributed by atoms with van der Waals surface area (Å²) >= 11 is 0. The Morgan fingerprint density at radius 1 is 0.700 bits per heavy atom. The van der Waals surface area contributed by atoms with Crippen molar-refractivity contribution in [3.05, 3.63) is 48.0 Å². The summed E-state index contributed by atoms with van der Waals surface area (Å²) in [5.74, 6) is 3.37. The highest BCUT2D eigenvalue weighted by Gasteiger charge is 2.51. The maximum Gasteiger partial charge on any atom is -0.0152 e. The molecule has 0 atom stereocenters. The molecule has 0 nitrogen and oxygen atoms in total. The van der Waals surface area contributed by atoms with Crippen molar-refractivity contribution in [3.63, 3.8) is 0 Å². The lowest BCUT2D eigenvalue weighted by Crippen LogP contribution is -2.47. The Bertz CT molecular complexity index is 817. The smallest absolute Gasteiger partial charge is 0.0152 e. The van der Waals surface area contributed by atoms with Crippen molar-refractivity contribution in [3.8, 4) is 0 Å². The molecular formula is C30H44. The van der Waals surface area contributed by atoms with Crippen LogP contribution in [0, 0.1) is 34.0 Å². The zero-order chi connectivity index (χ0) is 21.6. The lowest BCUT2D eigenvalue weighted by atomic mass is 9.47. The quantitative estimate of drug-likeness (QED) is 0.468. The lowest BCUT2D eigenvalue weighted by Gasteiger charge is -2.58. The van der Waals surface area contributed by atoms with Gasteiger partial charge in [0.15, 0.2) is 0 Å². The molecule has 2 aromatic rings. The largest absolute Gasteiger partial charge is 0.0616 e. The molecule has 4 aliphatic rings. The molecule has 164 valence electrons. The first kappa shape index (κ1) is 21.9. The van der Waals surface area contributed by atoms with Gasteiger partial charge in [-0.2, -0.15) is 0 Å². The molecule has 4 bridgehead atoms. The van der Waals surface area contributed by atoms with Crippen molar-refractivity contribution in [2.45, 2.75) is 92.9 Å². The zero-order valence-corrected chi connectivity index (χ0v) is 20.4. The van der Waals surface area contributed by atoms with E-state index in [-0.39, 0.29) is 0 Å². The van der Waals surface area contributed by atoms with E-state index < -0.39 is 0 Å². The van der Waals surface area contributed by atoms with Crippen LogP contribution in [0.2, 0.25) is 0 Å². The van der Waals surface area contributed by atoms with Gasteiger partial charge in [0.1, 0.15) is 0 Å². The fraction of sp³-hybridized carbons (Fsp3) is 0.667. The van der Waals surface area contributed by atoms with Crippen LogP contribution in [-0.4, -0.2) is 0 Å². The number of fused-ring (bicyclic) bond motifs is 1. The van der Waals surface area contributed by atoms with Gasteiger partial charge in [-0.1, -0.05) is 84.0 Å². The Morgan fingerprint density at radius 2 is 1.23 bits per heavy atom. The second-order valence-corrected chi connectivity index (χ2v) is 13.5. The van der Waals surface area contributed by atoms with Crippen LogP contribution >= 0.6 is 0 Å². The molecule has 4 aliphatic carbocycles. The minimum atomic E-state index is 0.351. The van der Waals surface area contributed by atoms with Gasteiger partial charge in [-0.25, -0.2) is 0 Å². The highest BCUT2D eigenvalue weighted by atomic mass is 14.6. The van der Waals surface area contributed by atoms with Crippen LogP contribution in [0.5, 0.6) is 0 Å². The van der Waals surface area contributed by atoms with Gasteiger partial charge in [0, 0.05) is 0 Å². The third-order valence-electron chi connectivity index (χ3n) is 7.67.